The molecule has 1 amide bonds. The van der Waals surface area contributed by atoms with Crippen molar-refractivity contribution < 1.29 is 4.79 Å². The van der Waals surface area contributed by atoms with E-state index in [4.69, 9.17) is 0 Å². The van der Waals surface area contributed by atoms with Gasteiger partial charge in [0.05, 0.1) is 12.0 Å². The van der Waals surface area contributed by atoms with Crippen molar-refractivity contribution in [2.45, 2.75) is 46.1 Å². The van der Waals surface area contributed by atoms with Gasteiger partial charge in [-0.15, -0.1) is 0 Å². The highest BCUT2D eigenvalue weighted by Crippen LogP contribution is 2.46. The van der Waals surface area contributed by atoms with Gasteiger partial charge >= 0.3 is 0 Å². The number of carbonyl (C=O) groups excluding carboxylic acids is 1. The molecule has 1 aromatic rings. The van der Waals surface area contributed by atoms with E-state index in [1.807, 2.05) is 23.1 Å². The molecule has 19 heavy (non-hydrogen) atoms. The predicted octanol–water partition coefficient (Wildman–Crippen LogP) is 3.88. The maximum Gasteiger partial charge on any atom is 0.236 e. The molecule has 0 saturated heterocycles. The second-order valence-corrected chi connectivity index (χ2v) is 6.13. The maximum absolute atomic E-state index is 12.7. The SMILES string of the molecule is CC1(C)C(=O)N(Cc2ccccc2)C2=C1CCCC2. The molecule has 0 atom stereocenters. The summed E-state index contributed by atoms with van der Waals surface area (Å²) in [6.07, 6.45) is 4.61. The zero-order chi connectivity index (χ0) is 13.5. The quantitative estimate of drug-likeness (QED) is 0.785. The predicted molar refractivity (Wildman–Crippen MR) is 76.3 cm³/mol. The Labute approximate surface area is 115 Å². The first kappa shape index (κ1) is 12.5. The van der Waals surface area contributed by atoms with Crippen LogP contribution in [-0.2, 0) is 11.3 Å². The summed E-state index contributed by atoms with van der Waals surface area (Å²) < 4.78 is 0. The van der Waals surface area contributed by atoms with E-state index in [1.54, 1.807) is 0 Å². The molecule has 1 heterocycles. The number of rotatable bonds is 2. The number of hydrogen-bond acceptors (Lipinski definition) is 1. The third-order valence-corrected chi connectivity index (χ3v) is 4.48. The van der Waals surface area contributed by atoms with Crippen molar-refractivity contribution in [3.63, 3.8) is 0 Å². The second-order valence-electron chi connectivity index (χ2n) is 6.13. The number of benzene rings is 1. The minimum atomic E-state index is -0.287. The molecular formula is C17H21NO. The topological polar surface area (TPSA) is 20.3 Å². The lowest BCUT2D eigenvalue weighted by Gasteiger charge is -2.23. The molecule has 0 aromatic heterocycles. The standard InChI is InChI=1S/C17H21NO/c1-17(2)14-10-6-7-11-15(14)18(16(17)19)12-13-8-4-3-5-9-13/h3-5,8-9H,6-7,10-12H2,1-2H3. The molecule has 1 aliphatic carbocycles. The van der Waals surface area contributed by atoms with Crippen LogP contribution >= 0.6 is 0 Å². The Morgan fingerprint density at radius 2 is 1.79 bits per heavy atom. The van der Waals surface area contributed by atoms with Crippen LogP contribution in [0.2, 0.25) is 0 Å². The molecule has 2 aliphatic rings. The van der Waals surface area contributed by atoms with Gasteiger partial charge in [0, 0.05) is 5.70 Å². The third kappa shape index (κ3) is 1.99. The highest BCUT2D eigenvalue weighted by Gasteiger charge is 2.45. The summed E-state index contributed by atoms with van der Waals surface area (Å²) in [5, 5.41) is 0. The fraction of sp³-hybridized carbons (Fsp3) is 0.471. The summed E-state index contributed by atoms with van der Waals surface area (Å²) in [7, 11) is 0. The Kier molecular flexibility index (Phi) is 2.96. The first-order valence-electron chi connectivity index (χ1n) is 7.19. The highest BCUT2D eigenvalue weighted by atomic mass is 16.2. The minimum absolute atomic E-state index is 0.281. The number of amides is 1. The lowest BCUT2D eigenvalue weighted by molar-refractivity contribution is -0.134. The van der Waals surface area contributed by atoms with Crippen molar-refractivity contribution in [2.75, 3.05) is 0 Å². The summed E-state index contributed by atoms with van der Waals surface area (Å²) in [6.45, 7) is 4.89. The van der Waals surface area contributed by atoms with Gasteiger partial charge in [0.15, 0.2) is 0 Å². The lowest BCUT2D eigenvalue weighted by atomic mass is 9.80. The largest absolute Gasteiger partial charge is 0.311 e. The van der Waals surface area contributed by atoms with Gasteiger partial charge in [0.2, 0.25) is 5.91 Å². The molecule has 0 unspecified atom stereocenters. The van der Waals surface area contributed by atoms with Crippen LogP contribution in [0.3, 0.4) is 0 Å². The molecular weight excluding hydrogens is 234 g/mol. The molecule has 0 spiro atoms. The van der Waals surface area contributed by atoms with E-state index < -0.39 is 0 Å². The van der Waals surface area contributed by atoms with Crippen molar-refractivity contribution >= 4 is 5.91 Å². The Hall–Kier alpha value is -1.57. The molecule has 0 fully saturated rings. The van der Waals surface area contributed by atoms with Gasteiger partial charge in [-0.25, -0.2) is 0 Å². The van der Waals surface area contributed by atoms with E-state index in [-0.39, 0.29) is 11.3 Å². The van der Waals surface area contributed by atoms with Crippen molar-refractivity contribution in [1.82, 2.24) is 4.90 Å². The lowest BCUT2D eigenvalue weighted by Crippen LogP contribution is -2.32. The molecule has 1 aromatic carbocycles. The highest BCUT2D eigenvalue weighted by molar-refractivity contribution is 5.90. The van der Waals surface area contributed by atoms with Crippen molar-refractivity contribution in [3.8, 4) is 0 Å². The van der Waals surface area contributed by atoms with Crippen LogP contribution in [0, 0.1) is 5.41 Å². The molecule has 0 N–H and O–H groups in total. The van der Waals surface area contributed by atoms with Crippen molar-refractivity contribution in [2.24, 2.45) is 5.41 Å². The first-order valence-corrected chi connectivity index (χ1v) is 7.19. The summed E-state index contributed by atoms with van der Waals surface area (Å²) >= 11 is 0. The van der Waals surface area contributed by atoms with E-state index in [0.717, 1.165) is 19.4 Å². The molecule has 100 valence electrons. The summed E-state index contributed by atoms with van der Waals surface area (Å²) in [4.78, 5) is 14.7. The number of allylic oxidation sites excluding steroid dienone is 1. The summed E-state index contributed by atoms with van der Waals surface area (Å²) in [5.74, 6) is 0.281. The average molecular weight is 255 g/mol. The minimum Gasteiger partial charge on any atom is -0.311 e. The Morgan fingerprint density at radius 1 is 1.11 bits per heavy atom. The van der Waals surface area contributed by atoms with E-state index in [1.165, 1.54) is 29.7 Å². The monoisotopic (exact) mass is 255 g/mol. The van der Waals surface area contributed by atoms with E-state index in [2.05, 4.69) is 26.0 Å². The van der Waals surface area contributed by atoms with Crippen LogP contribution in [0.5, 0.6) is 0 Å². The zero-order valence-corrected chi connectivity index (χ0v) is 11.8. The van der Waals surface area contributed by atoms with Crippen molar-refractivity contribution in [3.05, 3.63) is 47.2 Å². The smallest absolute Gasteiger partial charge is 0.236 e. The molecule has 0 saturated carbocycles. The first-order chi connectivity index (χ1) is 9.10. The fourth-order valence-corrected chi connectivity index (χ4v) is 3.38. The zero-order valence-electron chi connectivity index (χ0n) is 11.8. The van der Waals surface area contributed by atoms with Gasteiger partial charge in [0.25, 0.3) is 0 Å². The van der Waals surface area contributed by atoms with Gasteiger partial charge in [-0.1, -0.05) is 30.3 Å². The van der Waals surface area contributed by atoms with Crippen LogP contribution in [-0.4, -0.2) is 10.8 Å². The van der Waals surface area contributed by atoms with Gasteiger partial charge < -0.3 is 4.90 Å². The Bertz CT molecular complexity index is 527. The van der Waals surface area contributed by atoms with Crippen LogP contribution in [0.4, 0.5) is 0 Å². The molecule has 2 heteroatoms. The third-order valence-electron chi connectivity index (χ3n) is 4.48. The number of carbonyl (C=O) groups is 1. The van der Waals surface area contributed by atoms with Gasteiger partial charge in [-0.3, -0.25) is 4.79 Å². The maximum atomic E-state index is 12.7. The Morgan fingerprint density at radius 3 is 2.53 bits per heavy atom. The molecule has 1 aliphatic heterocycles. The number of nitrogens with zero attached hydrogens (tertiary/aromatic N) is 1. The van der Waals surface area contributed by atoms with Crippen molar-refractivity contribution in [1.29, 1.82) is 0 Å². The average Bonchev–Trinajstić information content (AvgIpc) is 2.62. The Balaban J connectivity index is 1.93. The fourth-order valence-electron chi connectivity index (χ4n) is 3.38. The van der Waals surface area contributed by atoms with E-state index in [9.17, 15) is 4.79 Å². The van der Waals surface area contributed by atoms with Gasteiger partial charge in [0.1, 0.15) is 0 Å². The second kappa shape index (κ2) is 4.52. The molecule has 3 rings (SSSR count). The molecule has 0 radical (unpaired) electrons. The van der Waals surface area contributed by atoms with Crippen LogP contribution in [0.25, 0.3) is 0 Å². The normalized spacial score (nSPS) is 21.8. The van der Waals surface area contributed by atoms with Crippen LogP contribution < -0.4 is 0 Å². The van der Waals surface area contributed by atoms with E-state index >= 15 is 0 Å². The van der Waals surface area contributed by atoms with Gasteiger partial charge in [-0.2, -0.15) is 0 Å². The summed E-state index contributed by atoms with van der Waals surface area (Å²) in [6, 6.07) is 10.3. The number of hydrogen-bond donors (Lipinski definition) is 0. The van der Waals surface area contributed by atoms with Gasteiger partial charge in [-0.05, 0) is 50.7 Å². The molecule has 0 bridgehead atoms. The molecule has 2 nitrogen and oxygen atoms in total. The van der Waals surface area contributed by atoms with Crippen LogP contribution in [0.15, 0.2) is 41.6 Å². The summed E-state index contributed by atoms with van der Waals surface area (Å²) in [5.41, 5.74) is 3.63. The van der Waals surface area contributed by atoms with Crippen LogP contribution in [0.1, 0.15) is 45.1 Å². The van der Waals surface area contributed by atoms with E-state index in [0.29, 0.717) is 0 Å².